The molecule has 0 saturated carbocycles. The lowest BCUT2D eigenvalue weighted by molar-refractivity contribution is -0.142. The van der Waals surface area contributed by atoms with Gasteiger partial charge in [-0.1, -0.05) is 24.3 Å². The first-order valence-corrected chi connectivity index (χ1v) is 8.46. The van der Waals surface area contributed by atoms with Crippen LogP contribution < -0.4 is 9.47 Å². The van der Waals surface area contributed by atoms with Crippen LogP contribution in [0.2, 0.25) is 0 Å². The summed E-state index contributed by atoms with van der Waals surface area (Å²) in [5.41, 5.74) is 2.31. The summed E-state index contributed by atoms with van der Waals surface area (Å²) in [6, 6.07) is 11.6. The van der Waals surface area contributed by atoms with Crippen LogP contribution in [-0.4, -0.2) is 41.6 Å². The van der Waals surface area contributed by atoms with Gasteiger partial charge in [0.1, 0.15) is 6.04 Å². The molecule has 1 amide bonds. The normalized spacial score (nSPS) is 15.9. The van der Waals surface area contributed by atoms with Crippen molar-refractivity contribution in [2.24, 2.45) is 0 Å². The van der Waals surface area contributed by atoms with Crippen molar-refractivity contribution in [1.82, 2.24) is 4.90 Å². The third-order valence-electron chi connectivity index (χ3n) is 4.50. The third kappa shape index (κ3) is 3.35. The molecule has 1 N–H and O–H groups in total. The van der Waals surface area contributed by atoms with Crippen molar-refractivity contribution in [3.63, 3.8) is 0 Å². The second kappa shape index (κ2) is 7.47. The van der Waals surface area contributed by atoms with Gasteiger partial charge in [0, 0.05) is 18.5 Å². The molecule has 2 aromatic carbocycles. The van der Waals surface area contributed by atoms with Crippen molar-refractivity contribution < 1.29 is 24.2 Å². The van der Waals surface area contributed by atoms with Crippen molar-refractivity contribution in [3.8, 4) is 11.5 Å². The maximum atomic E-state index is 13.0. The summed E-state index contributed by atoms with van der Waals surface area (Å²) in [7, 11) is 1.50. The number of amides is 1. The Balaban J connectivity index is 1.94. The SMILES string of the molecule is CCOc1ccc(C(=O)N2Cc3ccccc3CC2C(=O)O)cc1OC. The topological polar surface area (TPSA) is 76.1 Å². The summed E-state index contributed by atoms with van der Waals surface area (Å²) >= 11 is 0. The Morgan fingerprint density at radius 3 is 2.54 bits per heavy atom. The summed E-state index contributed by atoms with van der Waals surface area (Å²) in [5, 5.41) is 9.61. The smallest absolute Gasteiger partial charge is 0.326 e. The molecule has 136 valence electrons. The molecule has 6 heteroatoms. The van der Waals surface area contributed by atoms with Crippen molar-refractivity contribution in [3.05, 3.63) is 59.2 Å². The summed E-state index contributed by atoms with van der Waals surface area (Å²) in [6.45, 7) is 2.61. The van der Waals surface area contributed by atoms with E-state index in [1.54, 1.807) is 18.2 Å². The van der Waals surface area contributed by atoms with Gasteiger partial charge in [0.25, 0.3) is 5.91 Å². The van der Waals surface area contributed by atoms with E-state index in [0.717, 1.165) is 11.1 Å². The molecule has 3 rings (SSSR count). The fourth-order valence-electron chi connectivity index (χ4n) is 3.20. The maximum absolute atomic E-state index is 13.0. The van der Waals surface area contributed by atoms with E-state index in [2.05, 4.69) is 0 Å². The van der Waals surface area contributed by atoms with Crippen molar-refractivity contribution in [2.45, 2.75) is 25.9 Å². The highest BCUT2D eigenvalue weighted by Gasteiger charge is 2.35. The van der Waals surface area contributed by atoms with E-state index in [1.807, 2.05) is 31.2 Å². The predicted molar refractivity (Wildman–Crippen MR) is 95.6 cm³/mol. The Bertz CT molecular complexity index is 833. The van der Waals surface area contributed by atoms with Gasteiger partial charge < -0.3 is 19.5 Å². The fraction of sp³-hybridized carbons (Fsp3) is 0.300. The minimum atomic E-state index is -1.01. The average Bonchev–Trinajstić information content (AvgIpc) is 2.66. The Morgan fingerprint density at radius 1 is 1.15 bits per heavy atom. The molecule has 1 unspecified atom stereocenters. The van der Waals surface area contributed by atoms with Crippen molar-refractivity contribution in [2.75, 3.05) is 13.7 Å². The molecule has 1 heterocycles. The van der Waals surface area contributed by atoms with Crippen molar-refractivity contribution in [1.29, 1.82) is 0 Å². The highest BCUT2D eigenvalue weighted by atomic mass is 16.5. The molecule has 26 heavy (non-hydrogen) atoms. The van der Waals surface area contributed by atoms with E-state index < -0.39 is 12.0 Å². The molecule has 2 aromatic rings. The highest BCUT2D eigenvalue weighted by molar-refractivity contribution is 5.97. The molecule has 0 spiro atoms. The standard InChI is InChI=1S/C20H21NO5/c1-3-26-17-9-8-14(11-18(17)25-2)19(22)21-12-15-7-5-4-6-13(15)10-16(21)20(23)24/h4-9,11,16H,3,10,12H2,1-2H3,(H,23,24). The number of nitrogens with zero attached hydrogens (tertiary/aromatic N) is 1. The molecular weight excluding hydrogens is 334 g/mol. The molecule has 0 aliphatic carbocycles. The fourth-order valence-corrected chi connectivity index (χ4v) is 3.20. The molecule has 1 aliphatic rings. The monoisotopic (exact) mass is 355 g/mol. The number of hydrogen-bond acceptors (Lipinski definition) is 4. The van der Waals surface area contributed by atoms with E-state index in [9.17, 15) is 14.7 Å². The van der Waals surface area contributed by atoms with Crippen LogP contribution in [0.4, 0.5) is 0 Å². The molecule has 0 fully saturated rings. The zero-order valence-electron chi connectivity index (χ0n) is 14.8. The maximum Gasteiger partial charge on any atom is 0.326 e. The zero-order chi connectivity index (χ0) is 18.7. The average molecular weight is 355 g/mol. The Kier molecular flexibility index (Phi) is 5.11. The van der Waals surface area contributed by atoms with Gasteiger partial charge in [0.05, 0.1) is 13.7 Å². The summed E-state index contributed by atoms with van der Waals surface area (Å²) in [6.07, 6.45) is 0.297. The van der Waals surface area contributed by atoms with E-state index in [1.165, 1.54) is 12.0 Å². The number of ether oxygens (including phenoxy) is 2. The number of carboxylic acid groups (broad SMARTS) is 1. The number of benzene rings is 2. The van der Waals surface area contributed by atoms with Crippen LogP contribution in [0.3, 0.4) is 0 Å². The van der Waals surface area contributed by atoms with Crippen molar-refractivity contribution >= 4 is 11.9 Å². The molecule has 0 saturated heterocycles. The minimum Gasteiger partial charge on any atom is -0.493 e. The van der Waals surface area contributed by atoms with Crippen LogP contribution in [0.15, 0.2) is 42.5 Å². The Labute approximate surface area is 152 Å². The lowest BCUT2D eigenvalue weighted by Gasteiger charge is -2.34. The number of aliphatic carboxylic acids is 1. The van der Waals surface area contributed by atoms with Gasteiger partial charge >= 0.3 is 5.97 Å². The minimum absolute atomic E-state index is 0.265. The zero-order valence-corrected chi connectivity index (χ0v) is 14.8. The lowest BCUT2D eigenvalue weighted by atomic mass is 9.93. The van der Waals surface area contributed by atoms with Crippen LogP contribution in [0, 0.1) is 0 Å². The van der Waals surface area contributed by atoms with Crippen LogP contribution in [0.5, 0.6) is 11.5 Å². The first-order chi connectivity index (χ1) is 12.5. The summed E-state index contributed by atoms with van der Waals surface area (Å²) in [4.78, 5) is 26.2. The highest BCUT2D eigenvalue weighted by Crippen LogP contribution is 2.30. The number of carbonyl (C=O) groups excluding carboxylic acids is 1. The predicted octanol–water partition coefficient (Wildman–Crippen LogP) is 2.75. The van der Waals surface area contributed by atoms with Gasteiger partial charge in [0.2, 0.25) is 0 Å². The quantitative estimate of drug-likeness (QED) is 0.892. The Morgan fingerprint density at radius 2 is 1.88 bits per heavy atom. The summed E-state index contributed by atoms with van der Waals surface area (Å²) < 4.78 is 10.8. The van der Waals surface area contributed by atoms with Gasteiger partial charge in [-0.25, -0.2) is 4.79 Å². The largest absolute Gasteiger partial charge is 0.493 e. The second-order valence-electron chi connectivity index (χ2n) is 6.06. The van der Waals surface area contributed by atoms with Gasteiger partial charge in [-0.05, 0) is 36.2 Å². The first kappa shape index (κ1) is 17.8. The van der Waals surface area contributed by atoms with E-state index >= 15 is 0 Å². The van der Waals surface area contributed by atoms with Gasteiger partial charge in [0.15, 0.2) is 11.5 Å². The molecule has 1 atom stereocenters. The molecule has 0 aromatic heterocycles. The first-order valence-electron chi connectivity index (χ1n) is 8.46. The van der Waals surface area contributed by atoms with E-state index in [4.69, 9.17) is 9.47 Å². The molecular formula is C20H21NO5. The van der Waals surface area contributed by atoms with E-state index in [0.29, 0.717) is 30.1 Å². The molecule has 0 bridgehead atoms. The van der Waals surface area contributed by atoms with E-state index in [-0.39, 0.29) is 12.5 Å². The second-order valence-corrected chi connectivity index (χ2v) is 6.06. The number of hydrogen-bond donors (Lipinski definition) is 1. The van der Waals surface area contributed by atoms with Crippen LogP contribution >= 0.6 is 0 Å². The number of fused-ring (bicyclic) bond motifs is 1. The van der Waals surface area contributed by atoms with Crippen LogP contribution in [0.25, 0.3) is 0 Å². The third-order valence-corrected chi connectivity index (χ3v) is 4.50. The van der Waals surface area contributed by atoms with Gasteiger partial charge in [-0.2, -0.15) is 0 Å². The molecule has 0 radical (unpaired) electrons. The van der Waals surface area contributed by atoms with Gasteiger partial charge in [-0.3, -0.25) is 4.79 Å². The van der Waals surface area contributed by atoms with Gasteiger partial charge in [-0.15, -0.1) is 0 Å². The Hall–Kier alpha value is -3.02. The number of methoxy groups -OCH3 is 1. The number of carboxylic acids is 1. The summed E-state index contributed by atoms with van der Waals surface area (Å²) in [5.74, 6) is -0.355. The van der Waals surface area contributed by atoms with Crippen LogP contribution in [-0.2, 0) is 17.8 Å². The molecule has 1 aliphatic heterocycles. The number of rotatable bonds is 5. The number of carbonyl (C=O) groups is 2. The lowest BCUT2D eigenvalue weighted by Crippen LogP contribution is -2.48. The molecule has 6 nitrogen and oxygen atoms in total. The van der Waals surface area contributed by atoms with Crippen LogP contribution in [0.1, 0.15) is 28.4 Å².